The van der Waals surface area contributed by atoms with E-state index in [1.54, 1.807) is 0 Å². The number of hydrogen-bond donors (Lipinski definition) is 2. The number of ether oxygens (including phenoxy) is 1. The number of piperidine rings is 1. The maximum absolute atomic E-state index is 12.2. The molecule has 0 aromatic heterocycles. The Morgan fingerprint density at radius 2 is 1.92 bits per heavy atom. The molecule has 2 aliphatic rings. The van der Waals surface area contributed by atoms with Crippen molar-refractivity contribution in [2.75, 3.05) is 11.9 Å². The highest BCUT2D eigenvalue weighted by atomic mass is 35.5. The molecule has 4 rings (SSSR count). The molecule has 132 valence electrons. The molecule has 1 fully saturated rings. The summed E-state index contributed by atoms with van der Waals surface area (Å²) in [6.07, 6.45) is 4.06. The van der Waals surface area contributed by atoms with Crippen LogP contribution >= 0.6 is 12.4 Å². The monoisotopic (exact) mass is 358 g/mol. The number of nitrogens with one attached hydrogen (secondary N) is 2. The average Bonchev–Trinajstić information content (AvgIpc) is 2.62. The van der Waals surface area contributed by atoms with Crippen LogP contribution in [0.4, 0.5) is 10.5 Å². The van der Waals surface area contributed by atoms with E-state index in [0.29, 0.717) is 17.7 Å². The van der Waals surface area contributed by atoms with E-state index in [2.05, 4.69) is 16.7 Å². The van der Waals surface area contributed by atoms with Gasteiger partial charge >= 0.3 is 6.09 Å². The largest absolute Gasteiger partial charge is 0.417 e. The van der Waals surface area contributed by atoms with Crippen LogP contribution in [0.3, 0.4) is 0 Å². The van der Waals surface area contributed by atoms with Crippen LogP contribution in [0.2, 0.25) is 0 Å². The minimum Gasteiger partial charge on any atom is -0.410 e. The van der Waals surface area contributed by atoms with E-state index in [9.17, 15) is 4.79 Å². The summed E-state index contributed by atoms with van der Waals surface area (Å²) >= 11 is 0. The highest BCUT2D eigenvalue weighted by Crippen LogP contribution is 2.40. The van der Waals surface area contributed by atoms with Gasteiger partial charge in [0.25, 0.3) is 0 Å². The van der Waals surface area contributed by atoms with Gasteiger partial charge in [-0.1, -0.05) is 30.3 Å². The number of carbonyl (C=O) groups excluding carboxylic acids is 1. The maximum Gasteiger partial charge on any atom is 0.417 e. The number of amides is 1. The van der Waals surface area contributed by atoms with Crippen molar-refractivity contribution in [2.45, 2.75) is 37.6 Å². The normalized spacial score (nSPS) is 21.3. The van der Waals surface area contributed by atoms with Gasteiger partial charge in [-0.3, -0.25) is 5.32 Å². The quantitative estimate of drug-likeness (QED) is 0.830. The van der Waals surface area contributed by atoms with E-state index < -0.39 is 6.09 Å². The van der Waals surface area contributed by atoms with Gasteiger partial charge in [0, 0.05) is 11.7 Å². The molecule has 0 bridgehead atoms. The van der Waals surface area contributed by atoms with Crippen molar-refractivity contribution in [1.29, 1.82) is 0 Å². The molecule has 4 nitrogen and oxygen atoms in total. The van der Waals surface area contributed by atoms with E-state index in [0.717, 1.165) is 25.1 Å². The fraction of sp³-hybridized carbons (Fsp3) is 0.350. The van der Waals surface area contributed by atoms with Crippen molar-refractivity contribution in [2.24, 2.45) is 0 Å². The first kappa shape index (κ1) is 17.8. The van der Waals surface area contributed by atoms with Crippen LogP contribution < -0.4 is 15.4 Å². The van der Waals surface area contributed by atoms with Crippen molar-refractivity contribution in [3.8, 4) is 5.75 Å². The van der Waals surface area contributed by atoms with Gasteiger partial charge in [0.05, 0.1) is 0 Å². The third kappa shape index (κ3) is 3.80. The molecule has 1 saturated heterocycles. The van der Waals surface area contributed by atoms with Gasteiger partial charge in [-0.25, -0.2) is 4.79 Å². The maximum atomic E-state index is 12.2. The lowest BCUT2D eigenvalue weighted by Gasteiger charge is -2.38. The predicted molar refractivity (Wildman–Crippen MR) is 102 cm³/mol. The Morgan fingerprint density at radius 3 is 2.76 bits per heavy atom. The van der Waals surface area contributed by atoms with Gasteiger partial charge in [0.2, 0.25) is 0 Å². The first-order valence-corrected chi connectivity index (χ1v) is 8.70. The Balaban J connectivity index is 0.00000182. The summed E-state index contributed by atoms with van der Waals surface area (Å²) < 4.78 is 5.63. The van der Waals surface area contributed by atoms with E-state index in [-0.39, 0.29) is 12.4 Å². The van der Waals surface area contributed by atoms with Crippen LogP contribution in [0, 0.1) is 0 Å². The Hall–Kier alpha value is -2.04. The first-order chi connectivity index (χ1) is 11.8. The van der Waals surface area contributed by atoms with Gasteiger partial charge in [-0.05, 0) is 67.5 Å². The van der Waals surface area contributed by atoms with E-state index in [4.69, 9.17) is 4.74 Å². The number of halogens is 1. The van der Waals surface area contributed by atoms with Crippen LogP contribution in [0.1, 0.15) is 36.3 Å². The molecule has 2 aromatic rings. The number of para-hydroxylation sites is 1. The number of rotatable bonds is 2. The van der Waals surface area contributed by atoms with Crippen molar-refractivity contribution in [3.05, 3.63) is 59.7 Å². The molecule has 2 N–H and O–H groups in total. The van der Waals surface area contributed by atoms with Crippen LogP contribution in [0.5, 0.6) is 5.75 Å². The Kier molecular flexibility index (Phi) is 5.61. The lowest BCUT2D eigenvalue weighted by atomic mass is 9.75. The van der Waals surface area contributed by atoms with Crippen LogP contribution in [-0.4, -0.2) is 18.7 Å². The highest BCUT2D eigenvalue weighted by molar-refractivity contribution is 5.86. The summed E-state index contributed by atoms with van der Waals surface area (Å²) in [6, 6.07) is 16.0. The Bertz CT molecular complexity index is 736. The molecule has 0 radical (unpaired) electrons. The summed E-state index contributed by atoms with van der Waals surface area (Å²) in [6.45, 7) is 1.12. The van der Waals surface area contributed by atoms with Gasteiger partial charge in [-0.2, -0.15) is 0 Å². The molecule has 1 amide bonds. The van der Waals surface area contributed by atoms with Gasteiger partial charge < -0.3 is 10.1 Å². The summed E-state index contributed by atoms with van der Waals surface area (Å²) in [4.78, 5) is 12.2. The lowest BCUT2D eigenvalue weighted by Crippen LogP contribution is -2.42. The van der Waals surface area contributed by atoms with E-state index >= 15 is 0 Å². The summed E-state index contributed by atoms with van der Waals surface area (Å²) in [7, 11) is 0. The molecule has 25 heavy (non-hydrogen) atoms. The minimum absolute atomic E-state index is 0. The molecular weight excluding hydrogens is 336 g/mol. The standard InChI is InChI=1S/C20H22N2O2.ClH/c23-20(22-14-6-2-1-3-7-14)24-19-10-4-8-15-16-9-5-13-21-18(16)12-11-17(15)19;/h1-4,6-8,10,16,18,21H,5,9,11-13H2,(H,22,23);1H/t16-,18-;/m1./s1. The fourth-order valence-corrected chi connectivity index (χ4v) is 3.99. The third-order valence-electron chi connectivity index (χ3n) is 5.08. The van der Waals surface area contributed by atoms with Gasteiger partial charge in [0.15, 0.2) is 0 Å². The number of fused-ring (bicyclic) bond motifs is 3. The topological polar surface area (TPSA) is 50.4 Å². The Labute approximate surface area is 154 Å². The van der Waals surface area contributed by atoms with Crippen molar-refractivity contribution in [1.82, 2.24) is 5.32 Å². The molecule has 0 unspecified atom stereocenters. The summed E-state index contributed by atoms with van der Waals surface area (Å²) in [5, 5.41) is 6.41. The van der Waals surface area contributed by atoms with Crippen LogP contribution in [-0.2, 0) is 6.42 Å². The number of carbonyl (C=O) groups is 1. The zero-order valence-electron chi connectivity index (χ0n) is 14.0. The van der Waals surface area contributed by atoms with Crippen molar-refractivity contribution < 1.29 is 9.53 Å². The van der Waals surface area contributed by atoms with Crippen molar-refractivity contribution >= 4 is 24.2 Å². The number of anilines is 1. The summed E-state index contributed by atoms with van der Waals surface area (Å²) in [5.74, 6) is 1.24. The second kappa shape index (κ2) is 7.89. The summed E-state index contributed by atoms with van der Waals surface area (Å²) in [5.41, 5.74) is 3.29. The van der Waals surface area contributed by atoms with Crippen LogP contribution in [0.25, 0.3) is 0 Å². The number of benzene rings is 2. The molecule has 1 heterocycles. The number of hydrogen-bond acceptors (Lipinski definition) is 3. The van der Waals surface area contributed by atoms with Crippen LogP contribution in [0.15, 0.2) is 48.5 Å². The van der Waals surface area contributed by atoms with E-state index in [1.165, 1.54) is 24.0 Å². The molecule has 1 aliphatic heterocycles. The van der Waals surface area contributed by atoms with Gasteiger partial charge in [0.1, 0.15) is 5.75 Å². The molecule has 5 heteroatoms. The highest BCUT2D eigenvalue weighted by Gasteiger charge is 2.32. The fourth-order valence-electron chi connectivity index (χ4n) is 3.99. The van der Waals surface area contributed by atoms with E-state index in [1.807, 2.05) is 42.5 Å². The van der Waals surface area contributed by atoms with Gasteiger partial charge in [-0.15, -0.1) is 12.4 Å². The minimum atomic E-state index is -0.432. The molecule has 2 atom stereocenters. The zero-order valence-corrected chi connectivity index (χ0v) is 14.9. The average molecular weight is 359 g/mol. The smallest absolute Gasteiger partial charge is 0.410 e. The first-order valence-electron chi connectivity index (χ1n) is 8.70. The molecule has 0 spiro atoms. The lowest BCUT2D eigenvalue weighted by molar-refractivity contribution is 0.214. The molecule has 2 aromatic carbocycles. The van der Waals surface area contributed by atoms with Crippen molar-refractivity contribution in [3.63, 3.8) is 0 Å². The zero-order chi connectivity index (χ0) is 16.4. The SMILES string of the molecule is Cl.O=C(Nc1ccccc1)Oc1cccc2c1CC[C@H]1NCCC[C@H]21. The third-order valence-corrected chi connectivity index (χ3v) is 5.08. The second-order valence-electron chi connectivity index (χ2n) is 6.55. The second-order valence-corrected chi connectivity index (χ2v) is 6.55. The molecule has 0 saturated carbocycles. The predicted octanol–water partition coefficient (Wildman–Crippen LogP) is 4.50. The molecule has 1 aliphatic carbocycles. The molecular formula is C20H23ClN2O2. The Morgan fingerprint density at radius 1 is 1.08 bits per heavy atom.